The summed E-state index contributed by atoms with van der Waals surface area (Å²) in [5.74, 6) is 0.409. The van der Waals surface area contributed by atoms with Crippen LogP contribution in [0.15, 0.2) is 48.9 Å². The molecule has 27 heavy (non-hydrogen) atoms. The van der Waals surface area contributed by atoms with Gasteiger partial charge in [-0.05, 0) is 36.6 Å². The average Bonchev–Trinajstić information content (AvgIpc) is 3.28. The number of anilines is 1. The van der Waals surface area contributed by atoms with Crippen molar-refractivity contribution in [1.82, 2.24) is 9.97 Å². The smallest absolute Gasteiger partial charge is 0.142 e. The molecule has 1 unspecified atom stereocenters. The molecule has 1 aliphatic heterocycles. The zero-order valence-electron chi connectivity index (χ0n) is 14.6. The molecule has 1 aliphatic carbocycles. The number of nitrogens with zero attached hydrogens (tertiary/aromatic N) is 3. The van der Waals surface area contributed by atoms with E-state index in [1.54, 1.807) is 6.20 Å². The van der Waals surface area contributed by atoms with Crippen molar-refractivity contribution in [1.29, 1.82) is 0 Å². The van der Waals surface area contributed by atoms with Gasteiger partial charge in [-0.25, -0.2) is 9.37 Å². The van der Waals surface area contributed by atoms with Crippen molar-refractivity contribution in [2.24, 2.45) is 0 Å². The summed E-state index contributed by atoms with van der Waals surface area (Å²) < 4.78 is 25.6. The zero-order chi connectivity index (χ0) is 18.4. The summed E-state index contributed by atoms with van der Waals surface area (Å²) in [6.45, 7) is 1.75. The predicted octanol–water partition coefficient (Wildman–Crippen LogP) is 4.11. The van der Waals surface area contributed by atoms with Crippen molar-refractivity contribution >= 4 is 27.8 Å². The maximum absolute atomic E-state index is 13.4. The summed E-state index contributed by atoms with van der Waals surface area (Å²) in [7, 11) is -0.665. The van der Waals surface area contributed by atoms with Gasteiger partial charge in [-0.3, -0.25) is 9.19 Å². The lowest BCUT2D eigenvalue weighted by Crippen LogP contribution is -2.45. The van der Waals surface area contributed by atoms with E-state index in [1.165, 1.54) is 29.3 Å². The second-order valence-corrected chi connectivity index (χ2v) is 10.1. The Morgan fingerprint density at radius 1 is 1.11 bits per heavy atom. The lowest BCUT2D eigenvalue weighted by molar-refractivity contribution is 0.622. The van der Waals surface area contributed by atoms with Gasteiger partial charge >= 0.3 is 0 Å². The van der Waals surface area contributed by atoms with Crippen LogP contribution in [0.1, 0.15) is 12.8 Å². The summed E-state index contributed by atoms with van der Waals surface area (Å²) in [5, 5.41) is 0.760. The van der Waals surface area contributed by atoms with E-state index in [0.717, 1.165) is 47.1 Å². The van der Waals surface area contributed by atoms with E-state index in [1.807, 2.05) is 6.20 Å². The van der Waals surface area contributed by atoms with E-state index >= 15 is 0 Å². The van der Waals surface area contributed by atoms with Crippen LogP contribution in [0, 0.1) is 5.82 Å². The molecule has 1 saturated heterocycles. The minimum atomic E-state index is -0.665. The highest BCUT2D eigenvalue weighted by atomic mass is 32.2. The van der Waals surface area contributed by atoms with E-state index in [9.17, 15) is 8.60 Å². The number of hydrogen-bond donors (Lipinski definition) is 0. The molecule has 0 bridgehead atoms. The third-order valence-electron chi connectivity index (χ3n) is 5.29. The van der Waals surface area contributed by atoms with Crippen LogP contribution in [0.2, 0.25) is 0 Å². The molecule has 2 aliphatic rings. The van der Waals surface area contributed by atoms with E-state index < -0.39 is 10.8 Å². The van der Waals surface area contributed by atoms with Gasteiger partial charge in [-0.1, -0.05) is 12.1 Å². The average molecular weight is 400 g/mol. The molecule has 1 aromatic carbocycles. The molecular weight excluding hydrogens is 381 g/mol. The van der Waals surface area contributed by atoms with Gasteiger partial charge in [-0.15, -0.1) is 11.3 Å². The summed E-state index contributed by atoms with van der Waals surface area (Å²) in [6, 6.07) is 9.90. The number of benzene rings is 1. The van der Waals surface area contributed by atoms with E-state index in [4.69, 9.17) is 0 Å². The normalized spacial score (nSPS) is 20.8. The summed E-state index contributed by atoms with van der Waals surface area (Å²) in [6.07, 6.45) is 6.82. The molecule has 7 heteroatoms. The number of halogens is 1. The van der Waals surface area contributed by atoms with Crippen LogP contribution < -0.4 is 4.90 Å². The van der Waals surface area contributed by atoms with Gasteiger partial charge in [0.2, 0.25) is 0 Å². The second-order valence-electron chi connectivity index (χ2n) is 7.12. The highest BCUT2D eigenvalue weighted by molar-refractivity contribution is 7.86. The van der Waals surface area contributed by atoms with Gasteiger partial charge in [0.15, 0.2) is 0 Å². The molecule has 0 N–H and O–H groups in total. The van der Waals surface area contributed by atoms with Gasteiger partial charge in [-0.2, -0.15) is 0 Å². The van der Waals surface area contributed by atoms with E-state index in [2.05, 4.69) is 39.1 Å². The standard InChI is InChI=1S/C20H18FN3OS2/c21-16-9-15(10-22-11-16)19-23-12-18(26-19)14-1-3-17(4-2-14)24-7-8-27(25)20(13-24)5-6-20/h1-4,9-12H,5-8,13H2. The fraction of sp³-hybridized carbons (Fsp3) is 0.300. The van der Waals surface area contributed by atoms with Gasteiger partial charge in [0.1, 0.15) is 10.8 Å². The number of thiazole rings is 1. The molecule has 5 rings (SSSR count). The predicted molar refractivity (Wildman–Crippen MR) is 108 cm³/mol. The highest BCUT2D eigenvalue weighted by Crippen LogP contribution is 2.45. The molecule has 0 radical (unpaired) electrons. The molecule has 4 nitrogen and oxygen atoms in total. The third kappa shape index (κ3) is 3.19. The first kappa shape index (κ1) is 17.0. The molecule has 3 heterocycles. The first-order chi connectivity index (χ1) is 13.1. The molecule has 1 saturated carbocycles. The Balaban J connectivity index is 1.36. The quantitative estimate of drug-likeness (QED) is 0.665. The molecule has 138 valence electrons. The van der Waals surface area contributed by atoms with Crippen molar-refractivity contribution in [3.63, 3.8) is 0 Å². The first-order valence-electron chi connectivity index (χ1n) is 8.94. The molecule has 2 fully saturated rings. The van der Waals surface area contributed by atoms with Gasteiger partial charge in [0, 0.05) is 53.3 Å². The molecule has 2 aromatic heterocycles. The Bertz CT molecular complexity index is 1010. The van der Waals surface area contributed by atoms with E-state index in [-0.39, 0.29) is 10.6 Å². The summed E-state index contributed by atoms with van der Waals surface area (Å²) >= 11 is 1.53. The van der Waals surface area contributed by atoms with Crippen molar-refractivity contribution in [3.8, 4) is 21.0 Å². The Labute approximate surface area is 163 Å². The largest absolute Gasteiger partial charge is 0.369 e. The van der Waals surface area contributed by atoms with Crippen molar-refractivity contribution in [3.05, 3.63) is 54.7 Å². The Kier molecular flexibility index (Phi) is 4.09. The lowest BCUT2D eigenvalue weighted by atomic mass is 10.1. The van der Waals surface area contributed by atoms with Gasteiger partial charge in [0.05, 0.1) is 15.8 Å². The highest BCUT2D eigenvalue weighted by Gasteiger charge is 2.51. The summed E-state index contributed by atoms with van der Waals surface area (Å²) in [4.78, 5) is 11.7. The van der Waals surface area contributed by atoms with Crippen LogP contribution in [-0.4, -0.2) is 37.8 Å². The van der Waals surface area contributed by atoms with Crippen molar-refractivity contribution < 1.29 is 8.60 Å². The molecular formula is C20H18FN3OS2. The fourth-order valence-corrected chi connectivity index (χ4v) is 6.14. The molecule has 0 amide bonds. The maximum atomic E-state index is 13.4. The van der Waals surface area contributed by atoms with Crippen LogP contribution in [0.25, 0.3) is 21.0 Å². The number of aromatic nitrogens is 2. The number of rotatable bonds is 3. The van der Waals surface area contributed by atoms with Crippen LogP contribution >= 0.6 is 11.3 Å². The molecule has 1 atom stereocenters. The molecule has 1 spiro atoms. The van der Waals surface area contributed by atoms with Crippen LogP contribution in [0.5, 0.6) is 0 Å². The molecule has 3 aromatic rings. The topological polar surface area (TPSA) is 46.1 Å². The number of pyridine rings is 1. The SMILES string of the molecule is O=S1CCN(c2ccc(-c3cnc(-c4cncc(F)c4)s3)cc2)CC12CC2. The van der Waals surface area contributed by atoms with Crippen molar-refractivity contribution in [2.75, 3.05) is 23.7 Å². The third-order valence-corrected chi connectivity index (χ3v) is 8.44. The van der Waals surface area contributed by atoms with E-state index in [0.29, 0.717) is 5.56 Å². The monoisotopic (exact) mass is 399 g/mol. The second kappa shape index (κ2) is 6.49. The first-order valence-corrected chi connectivity index (χ1v) is 11.1. The minimum Gasteiger partial charge on any atom is -0.369 e. The lowest BCUT2D eigenvalue weighted by Gasteiger charge is -2.34. The van der Waals surface area contributed by atoms with Crippen LogP contribution in [-0.2, 0) is 10.8 Å². The van der Waals surface area contributed by atoms with Crippen molar-refractivity contribution in [2.45, 2.75) is 17.6 Å². The number of hydrogen-bond acceptors (Lipinski definition) is 5. The zero-order valence-corrected chi connectivity index (χ0v) is 16.2. The Hall–Kier alpha value is -2.12. The van der Waals surface area contributed by atoms with Crippen LogP contribution in [0.4, 0.5) is 10.1 Å². The Morgan fingerprint density at radius 3 is 2.67 bits per heavy atom. The van der Waals surface area contributed by atoms with Crippen LogP contribution in [0.3, 0.4) is 0 Å². The summed E-state index contributed by atoms with van der Waals surface area (Å²) in [5.41, 5.74) is 2.97. The maximum Gasteiger partial charge on any atom is 0.142 e. The van der Waals surface area contributed by atoms with Gasteiger partial charge in [0.25, 0.3) is 0 Å². The Morgan fingerprint density at radius 2 is 1.93 bits per heavy atom. The fourth-order valence-electron chi connectivity index (χ4n) is 3.56. The van der Waals surface area contributed by atoms with Gasteiger partial charge < -0.3 is 4.90 Å². The minimum absolute atomic E-state index is 0.0580.